The summed E-state index contributed by atoms with van der Waals surface area (Å²) in [7, 11) is 0. The van der Waals surface area contributed by atoms with E-state index in [1.54, 1.807) is 12.2 Å². The van der Waals surface area contributed by atoms with Crippen molar-refractivity contribution in [2.24, 2.45) is 0 Å². The van der Waals surface area contributed by atoms with Crippen LogP contribution in [0, 0.1) is 0 Å². The van der Waals surface area contributed by atoms with Crippen LogP contribution in [0.5, 0.6) is 0 Å². The SMILES string of the molecule is CCCCCC=CCC=CC=CC=C[C@@H](SCC(NC(C)=O)C(=O)O)[C@@H](O)CCCC(=O)O. The van der Waals surface area contributed by atoms with Crippen molar-refractivity contribution in [3.05, 3.63) is 48.6 Å². The van der Waals surface area contributed by atoms with Gasteiger partial charge >= 0.3 is 11.9 Å². The quantitative estimate of drug-likeness (QED) is 0.122. The van der Waals surface area contributed by atoms with Crippen LogP contribution in [0.4, 0.5) is 0 Å². The predicted molar refractivity (Wildman–Crippen MR) is 134 cm³/mol. The van der Waals surface area contributed by atoms with E-state index in [2.05, 4.69) is 24.4 Å². The molecule has 3 atom stereocenters. The number of hydrogen-bond donors (Lipinski definition) is 4. The van der Waals surface area contributed by atoms with Crippen LogP contribution in [0.2, 0.25) is 0 Å². The van der Waals surface area contributed by atoms with Crippen LogP contribution >= 0.6 is 11.8 Å². The van der Waals surface area contributed by atoms with Crippen LogP contribution in [0.3, 0.4) is 0 Å². The van der Waals surface area contributed by atoms with E-state index in [4.69, 9.17) is 5.11 Å². The molecule has 0 aromatic heterocycles. The van der Waals surface area contributed by atoms with Crippen molar-refractivity contribution in [3.8, 4) is 0 Å². The van der Waals surface area contributed by atoms with E-state index in [0.29, 0.717) is 6.42 Å². The van der Waals surface area contributed by atoms with Crippen molar-refractivity contribution in [3.63, 3.8) is 0 Å². The summed E-state index contributed by atoms with van der Waals surface area (Å²) < 4.78 is 0. The van der Waals surface area contributed by atoms with Crippen LogP contribution in [0.25, 0.3) is 0 Å². The molecule has 1 amide bonds. The van der Waals surface area contributed by atoms with Gasteiger partial charge in [0.25, 0.3) is 0 Å². The van der Waals surface area contributed by atoms with E-state index in [9.17, 15) is 24.6 Å². The molecule has 0 aromatic carbocycles. The first-order chi connectivity index (χ1) is 15.8. The number of aliphatic carboxylic acids is 2. The molecule has 0 aliphatic rings. The number of carbonyl (C=O) groups is 3. The van der Waals surface area contributed by atoms with Crippen molar-refractivity contribution in [1.29, 1.82) is 0 Å². The fraction of sp³-hybridized carbons (Fsp3) is 0.560. The Morgan fingerprint density at radius 1 is 0.970 bits per heavy atom. The number of aliphatic hydroxyl groups is 1. The summed E-state index contributed by atoms with van der Waals surface area (Å²) in [6.07, 6.45) is 20.9. The smallest absolute Gasteiger partial charge is 0.327 e. The Morgan fingerprint density at radius 2 is 1.70 bits per heavy atom. The molecule has 0 rings (SSSR count). The summed E-state index contributed by atoms with van der Waals surface area (Å²) in [4.78, 5) is 33.3. The highest BCUT2D eigenvalue weighted by Crippen LogP contribution is 2.21. The molecule has 33 heavy (non-hydrogen) atoms. The van der Waals surface area contributed by atoms with Crippen LogP contribution in [-0.4, -0.2) is 56.3 Å². The number of nitrogens with one attached hydrogen (secondary N) is 1. The first kappa shape index (κ1) is 30.7. The first-order valence-corrected chi connectivity index (χ1v) is 12.5. The number of allylic oxidation sites excluding steroid dienone is 7. The topological polar surface area (TPSA) is 124 Å². The minimum Gasteiger partial charge on any atom is -0.481 e. The standard InChI is InChI=1S/C25H39NO6S/c1-3-4-5-6-7-8-9-10-11-12-13-14-17-23(22(28)16-15-18-24(29)30)33-19-21(25(31)32)26-20(2)27/h7-8,10-14,17,21-23,28H,3-6,9,15-16,18-19H2,1-2H3,(H,26,27)(H,29,30)(H,31,32)/t21?,22-,23+/m0/s1. The highest BCUT2D eigenvalue weighted by molar-refractivity contribution is 8.00. The zero-order chi connectivity index (χ0) is 24.9. The number of thioether (sulfide) groups is 1. The lowest BCUT2D eigenvalue weighted by molar-refractivity contribution is -0.140. The van der Waals surface area contributed by atoms with E-state index in [1.165, 1.54) is 37.9 Å². The van der Waals surface area contributed by atoms with Gasteiger partial charge in [-0.25, -0.2) is 4.79 Å². The fourth-order valence-electron chi connectivity index (χ4n) is 2.81. The molecule has 0 bridgehead atoms. The lowest BCUT2D eigenvalue weighted by Crippen LogP contribution is -2.42. The van der Waals surface area contributed by atoms with E-state index in [-0.39, 0.29) is 18.6 Å². The van der Waals surface area contributed by atoms with E-state index in [1.807, 2.05) is 24.3 Å². The van der Waals surface area contributed by atoms with Crippen LogP contribution in [0.1, 0.15) is 65.2 Å². The molecule has 0 radical (unpaired) electrons. The maximum absolute atomic E-state index is 11.3. The summed E-state index contributed by atoms with van der Waals surface area (Å²) in [6, 6.07) is -1.07. The van der Waals surface area contributed by atoms with E-state index in [0.717, 1.165) is 12.8 Å². The van der Waals surface area contributed by atoms with Gasteiger partial charge in [-0.15, -0.1) is 11.8 Å². The average Bonchev–Trinajstić information content (AvgIpc) is 2.74. The van der Waals surface area contributed by atoms with Crippen molar-refractivity contribution in [1.82, 2.24) is 5.32 Å². The number of carboxylic acid groups (broad SMARTS) is 2. The fourth-order valence-corrected chi connectivity index (χ4v) is 4.01. The van der Waals surface area contributed by atoms with E-state index >= 15 is 0 Å². The van der Waals surface area contributed by atoms with Crippen LogP contribution in [-0.2, 0) is 14.4 Å². The molecule has 0 fully saturated rings. The van der Waals surface area contributed by atoms with E-state index < -0.39 is 35.2 Å². The predicted octanol–water partition coefficient (Wildman–Crippen LogP) is 4.49. The normalized spacial score (nSPS) is 14.9. The summed E-state index contributed by atoms with van der Waals surface area (Å²) in [5.74, 6) is -2.44. The van der Waals surface area contributed by atoms with Gasteiger partial charge in [0.15, 0.2) is 0 Å². The zero-order valence-electron chi connectivity index (χ0n) is 19.7. The first-order valence-electron chi connectivity index (χ1n) is 11.4. The number of amides is 1. The second-order valence-corrected chi connectivity index (χ2v) is 8.85. The molecular formula is C25H39NO6S. The summed E-state index contributed by atoms with van der Waals surface area (Å²) in [5, 5.41) is 30.5. The van der Waals surface area contributed by atoms with Gasteiger partial charge in [0.2, 0.25) is 5.91 Å². The Kier molecular flexibility index (Phi) is 18.9. The van der Waals surface area contributed by atoms with Crippen LogP contribution in [0.15, 0.2) is 48.6 Å². The molecule has 0 aliphatic heterocycles. The molecule has 4 N–H and O–H groups in total. The van der Waals surface area contributed by atoms with Gasteiger partial charge in [-0.1, -0.05) is 68.4 Å². The second kappa shape index (κ2) is 20.3. The Balaban J connectivity index is 4.78. The number of rotatable bonds is 19. The van der Waals surface area contributed by atoms with Gasteiger partial charge in [-0.2, -0.15) is 0 Å². The van der Waals surface area contributed by atoms with Gasteiger partial charge in [-0.3, -0.25) is 9.59 Å². The Morgan fingerprint density at radius 3 is 2.33 bits per heavy atom. The third-order valence-electron chi connectivity index (χ3n) is 4.58. The lowest BCUT2D eigenvalue weighted by Gasteiger charge is -2.21. The van der Waals surface area contributed by atoms with Gasteiger partial charge in [-0.05, 0) is 32.1 Å². The molecule has 0 saturated heterocycles. The molecule has 8 heteroatoms. The van der Waals surface area contributed by atoms with Crippen molar-refractivity contribution >= 4 is 29.6 Å². The molecule has 7 nitrogen and oxygen atoms in total. The average molecular weight is 482 g/mol. The number of aliphatic hydroxyl groups excluding tert-OH is 1. The monoisotopic (exact) mass is 481 g/mol. The molecule has 0 heterocycles. The Labute approximate surface area is 201 Å². The molecule has 0 aliphatic carbocycles. The second-order valence-electron chi connectivity index (χ2n) is 7.64. The van der Waals surface area contributed by atoms with Gasteiger partial charge < -0.3 is 20.6 Å². The molecule has 0 saturated carbocycles. The molecular weight excluding hydrogens is 442 g/mol. The summed E-state index contributed by atoms with van der Waals surface area (Å²) >= 11 is 1.21. The maximum Gasteiger partial charge on any atom is 0.327 e. The highest BCUT2D eigenvalue weighted by Gasteiger charge is 2.23. The zero-order valence-corrected chi connectivity index (χ0v) is 20.5. The van der Waals surface area contributed by atoms with Crippen molar-refractivity contribution in [2.45, 2.75) is 82.6 Å². The van der Waals surface area contributed by atoms with Crippen molar-refractivity contribution in [2.75, 3.05) is 5.75 Å². The number of carbonyl (C=O) groups excluding carboxylic acids is 1. The maximum atomic E-state index is 11.3. The largest absolute Gasteiger partial charge is 0.481 e. The number of carboxylic acids is 2. The Bertz CT molecular complexity index is 686. The molecule has 0 spiro atoms. The number of hydrogen-bond acceptors (Lipinski definition) is 5. The van der Waals surface area contributed by atoms with Gasteiger partial charge in [0.05, 0.1) is 6.10 Å². The summed E-state index contributed by atoms with van der Waals surface area (Å²) in [5.41, 5.74) is 0. The Hall–Kier alpha value is -2.32. The lowest BCUT2D eigenvalue weighted by atomic mass is 10.1. The molecule has 186 valence electrons. The van der Waals surface area contributed by atoms with Gasteiger partial charge in [0, 0.05) is 24.3 Å². The minimum absolute atomic E-state index is 0.0421. The molecule has 1 unspecified atom stereocenters. The van der Waals surface area contributed by atoms with Gasteiger partial charge in [0.1, 0.15) is 6.04 Å². The highest BCUT2D eigenvalue weighted by atomic mass is 32.2. The van der Waals surface area contributed by atoms with Crippen LogP contribution < -0.4 is 5.32 Å². The summed E-state index contributed by atoms with van der Waals surface area (Å²) in [6.45, 7) is 3.44. The van der Waals surface area contributed by atoms with Crippen molar-refractivity contribution < 1.29 is 29.7 Å². The molecule has 0 aromatic rings. The number of unbranched alkanes of at least 4 members (excludes halogenated alkanes) is 3. The third-order valence-corrected chi connectivity index (χ3v) is 5.97. The minimum atomic E-state index is -1.15. The third kappa shape index (κ3) is 18.9.